The number of alkyl halides is 1. The molecule has 1 aliphatic heterocycles. The summed E-state index contributed by atoms with van der Waals surface area (Å²) in [5.41, 5.74) is 1.27. The van der Waals surface area contributed by atoms with Crippen LogP contribution in [0.15, 0.2) is 24.3 Å². The Morgan fingerprint density at radius 1 is 1.33 bits per heavy atom. The molecule has 5 nitrogen and oxygen atoms in total. The molecule has 1 aromatic rings. The van der Waals surface area contributed by atoms with Gasteiger partial charge in [-0.15, -0.1) is 0 Å². The van der Waals surface area contributed by atoms with Gasteiger partial charge in [0.25, 0.3) is 0 Å². The lowest BCUT2D eigenvalue weighted by atomic mass is 10.2. The first-order chi connectivity index (χ1) is 8.35. The number of benzene rings is 1. The van der Waals surface area contributed by atoms with E-state index < -0.39 is 10.0 Å². The predicted molar refractivity (Wildman–Crippen MR) is 74.6 cm³/mol. The van der Waals surface area contributed by atoms with Gasteiger partial charge in [0.15, 0.2) is 0 Å². The number of halogens is 1. The predicted octanol–water partition coefficient (Wildman–Crippen LogP) is 1.56. The molecule has 1 unspecified atom stereocenters. The Labute approximate surface area is 114 Å². The van der Waals surface area contributed by atoms with E-state index in [0.29, 0.717) is 18.7 Å². The molecular formula is C11H13BrN2O3S. The fraction of sp³-hybridized carbons (Fsp3) is 0.364. The van der Waals surface area contributed by atoms with E-state index in [4.69, 9.17) is 0 Å². The summed E-state index contributed by atoms with van der Waals surface area (Å²) in [6.07, 6.45) is 1.59. The Hall–Kier alpha value is -1.08. The van der Waals surface area contributed by atoms with Crippen molar-refractivity contribution in [3.63, 3.8) is 0 Å². The summed E-state index contributed by atoms with van der Waals surface area (Å²) in [6, 6.07) is 6.75. The zero-order valence-electron chi connectivity index (χ0n) is 9.76. The maximum Gasteiger partial charge on any atom is 0.229 e. The third-order valence-electron chi connectivity index (χ3n) is 2.56. The standard InChI is InChI=1S/C11H13BrN2O3S/c1-18(16,17)13-9-2-4-10(5-3-9)14-7-8(12)6-11(14)15/h2-5,8,13H,6-7H2,1H3. The molecule has 1 N–H and O–H groups in total. The van der Waals surface area contributed by atoms with Crippen LogP contribution in [0.2, 0.25) is 0 Å². The lowest BCUT2D eigenvalue weighted by molar-refractivity contribution is -0.117. The molecule has 98 valence electrons. The van der Waals surface area contributed by atoms with E-state index in [1.54, 1.807) is 29.2 Å². The summed E-state index contributed by atoms with van der Waals surface area (Å²) < 4.78 is 24.5. The maximum absolute atomic E-state index is 11.7. The van der Waals surface area contributed by atoms with Gasteiger partial charge in [-0.1, -0.05) is 15.9 Å². The molecule has 7 heteroatoms. The minimum Gasteiger partial charge on any atom is -0.311 e. The van der Waals surface area contributed by atoms with Gasteiger partial charge >= 0.3 is 0 Å². The highest BCUT2D eigenvalue weighted by molar-refractivity contribution is 9.09. The minimum atomic E-state index is -3.27. The number of rotatable bonds is 3. The molecule has 0 aromatic heterocycles. The Kier molecular flexibility index (Phi) is 3.63. The molecule has 18 heavy (non-hydrogen) atoms. The number of hydrogen-bond acceptors (Lipinski definition) is 3. The first-order valence-electron chi connectivity index (χ1n) is 5.37. The van der Waals surface area contributed by atoms with Crippen molar-refractivity contribution >= 4 is 43.2 Å². The summed E-state index contributed by atoms with van der Waals surface area (Å²) >= 11 is 3.42. The largest absolute Gasteiger partial charge is 0.311 e. The number of anilines is 2. The number of nitrogens with one attached hydrogen (secondary N) is 1. The van der Waals surface area contributed by atoms with E-state index in [9.17, 15) is 13.2 Å². The zero-order chi connectivity index (χ0) is 13.3. The van der Waals surface area contributed by atoms with Crippen LogP contribution in [0.5, 0.6) is 0 Å². The highest BCUT2D eigenvalue weighted by atomic mass is 79.9. The van der Waals surface area contributed by atoms with E-state index in [1.807, 2.05) is 0 Å². The molecule has 0 saturated carbocycles. The van der Waals surface area contributed by atoms with Gasteiger partial charge in [-0.05, 0) is 24.3 Å². The van der Waals surface area contributed by atoms with Crippen LogP contribution >= 0.6 is 15.9 Å². The molecule has 1 fully saturated rings. The van der Waals surface area contributed by atoms with Crippen LogP contribution in [0.25, 0.3) is 0 Å². The number of hydrogen-bond donors (Lipinski definition) is 1. The normalized spacial score (nSPS) is 20.2. The summed E-state index contributed by atoms with van der Waals surface area (Å²) in [7, 11) is -3.27. The fourth-order valence-corrected chi connectivity index (χ4v) is 2.97. The second-order valence-electron chi connectivity index (χ2n) is 4.23. The Morgan fingerprint density at radius 3 is 2.39 bits per heavy atom. The first kappa shape index (κ1) is 13.4. The minimum absolute atomic E-state index is 0.0701. The van der Waals surface area contributed by atoms with Crippen LogP contribution in [-0.2, 0) is 14.8 Å². The molecule has 1 saturated heterocycles. The summed E-state index contributed by atoms with van der Waals surface area (Å²) in [5, 5.41) is 0. The van der Waals surface area contributed by atoms with Crippen molar-refractivity contribution in [2.24, 2.45) is 0 Å². The molecule has 0 spiro atoms. The van der Waals surface area contributed by atoms with Crippen molar-refractivity contribution in [1.82, 2.24) is 0 Å². The van der Waals surface area contributed by atoms with Crippen LogP contribution in [0, 0.1) is 0 Å². The molecule has 0 radical (unpaired) electrons. The fourth-order valence-electron chi connectivity index (χ4n) is 1.84. The van der Waals surface area contributed by atoms with Crippen molar-refractivity contribution in [2.75, 3.05) is 22.4 Å². The zero-order valence-corrected chi connectivity index (χ0v) is 12.2. The van der Waals surface area contributed by atoms with Gasteiger partial charge in [0, 0.05) is 29.2 Å². The molecule has 2 rings (SSSR count). The van der Waals surface area contributed by atoms with Gasteiger partial charge in [0.05, 0.1) is 6.26 Å². The van der Waals surface area contributed by atoms with Crippen LogP contribution in [0.3, 0.4) is 0 Å². The summed E-state index contributed by atoms with van der Waals surface area (Å²) in [5.74, 6) is 0.0701. The number of nitrogens with zero attached hydrogens (tertiary/aromatic N) is 1. The van der Waals surface area contributed by atoms with E-state index >= 15 is 0 Å². The monoisotopic (exact) mass is 332 g/mol. The second-order valence-corrected chi connectivity index (χ2v) is 7.27. The molecule has 1 aliphatic rings. The van der Waals surface area contributed by atoms with Crippen molar-refractivity contribution in [1.29, 1.82) is 0 Å². The molecule has 0 aliphatic carbocycles. The van der Waals surface area contributed by atoms with Gasteiger partial charge in [-0.25, -0.2) is 8.42 Å². The second kappa shape index (κ2) is 4.89. The average molecular weight is 333 g/mol. The molecule has 1 aromatic carbocycles. The molecule has 0 bridgehead atoms. The van der Waals surface area contributed by atoms with E-state index in [1.165, 1.54) is 0 Å². The van der Waals surface area contributed by atoms with Crippen LogP contribution < -0.4 is 9.62 Å². The quantitative estimate of drug-likeness (QED) is 0.854. The summed E-state index contributed by atoms with van der Waals surface area (Å²) in [4.78, 5) is 13.5. The Balaban J connectivity index is 2.15. The maximum atomic E-state index is 11.7. The van der Waals surface area contributed by atoms with Gasteiger partial charge in [0.2, 0.25) is 15.9 Å². The highest BCUT2D eigenvalue weighted by Crippen LogP contribution is 2.26. The molecule has 1 heterocycles. The van der Waals surface area contributed by atoms with Crippen LogP contribution in [-0.4, -0.2) is 32.0 Å². The number of carbonyl (C=O) groups excluding carboxylic acids is 1. The van der Waals surface area contributed by atoms with Gasteiger partial charge in [0.1, 0.15) is 0 Å². The molecular weight excluding hydrogens is 320 g/mol. The van der Waals surface area contributed by atoms with Crippen LogP contribution in [0.1, 0.15) is 6.42 Å². The smallest absolute Gasteiger partial charge is 0.229 e. The third kappa shape index (κ3) is 3.23. The SMILES string of the molecule is CS(=O)(=O)Nc1ccc(N2CC(Br)CC2=O)cc1. The van der Waals surface area contributed by atoms with Crippen molar-refractivity contribution < 1.29 is 13.2 Å². The Morgan fingerprint density at radius 2 is 1.94 bits per heavy atom. The van der Waals surface area contributed by atoms with Crippen molar-refractivity contribution in [3.8, 4) is 0 Å². The Bertz CT molecular complexity index is 556. The first-order valence-corrected chi connectivity index (χ1v) is 8.18. The van der Waals surface area contributed by atoms with E-state index in [-0.39, 0.29) is 10.7 Å². The number of sulfonamides is 1. The van der Waals surface area contributed by atoms with Gasteiger partial charge < -0.3 is 4.90 Å². The average Bonchev–Trinajstić information content (AvgIpc) is 2.57. The number of amides is 1. The topological polar surface area (TPSA) is 66.5 Å². The summed E-state index contributed by atoms with van der Waals surface area (Å²) in [6.45, 7) is 0.637. The van der Waals surface area contributed by atoms with Crippen LogP contribution in [0.4, 0.5) is 11.4 Å². The highest BCUT2D eigenvalue weighted by Gasteiger charge is 2.28. The lowest BCUT2D eigenvalue weighted by Crippen LogP contribution is -2.24. The van der Waals surface area contributed by atoms with Crippen molar-refractivity contribution in [3.05, 3.63) is 24.3 Å². The molecule has 1 atom stereocenters. The van der Waals surface area contributed by atoms with E-state index in [0.717, 1.165) is 11.9 Å². The van der Waals surface area contributed by atoms with Gasteiger partial charge in [-0.2, -0.15) is 0 Å². The van der Waals surface area contributed by atoms with Gasteiger partial charge in [-0.3, -0.25) is 9.52 Å². The van der Waals surface area contributed by atoms with Crippen molar-refractivity contribution in [2.45, 2.75) is 11.2 Å². The number of carbonyl (C=O) groups is 1. The van der Waals surface area contributed by atoms with E-state index in [2.05, 4.69) is 20.7 Å². The third-order valence-corrected chi connectivity index (χ3v) is 3.78. The molecule has 1 amide bonds. The lowest BCUT2D eigenvalue weighted by Gasteiger charge is -2.16.